The molecular formula is C11H14O5. The van der Waals surface area contributed by atoms with Crippen molar-refractivity contribution >= 4 is 5.97 Å². The minimum atomic E-state index is -1.19. The zero-order valence-electron chi connectivity index (χ0n) is 8.58. The highest BCUT2D eigenvalue weighted by Gasteiger charge is 2.18. The normalized spacial score (nSPS) is 14.4. The number of aliphatic hydroxyl groups is 3. The summed E-state index contributed by atoms with van der Waals surface area (Å²) in [5, 5.41) is 36.5. The molecule has 0 aromatic heterocycles. The summed E-state index contributed by atoms with van der Waals surface area (Å²) >= 11 is 0. The summed E-state index contributed by atoms with van der Waals surface area (Å²) in [5.41, 5.74) is 0.369. The third-order valence-corrected chi connectivity index (χ3v) is 2.26. The smallest absolute Gasteiger partial charge is 0.335 e. The zero-order chi connectivity index (χ0) is 12.1. The van der Waals surface area contributed by atoms with Crippen molar-refractivity contribution in [3.05, 3.63) is 35.4 Å². The maximum absolute atomic E-state index is 10.7. The second kappa shape index (κ2) is 5.60. The monoisotopic (exact) mass is 226 g/mol. The number of carboxylic acid groups (broad SMARTS) is 1. The highest BCUT2D eigenvalue weighted by molar-refractivity contribution is 5.87. The molecule has 0 aliphatic heterocycles. The average molecular weight is 226 g/mol. The fourth-order valence-electron chi connectivity index (χ4n) is 1.37. The van der Waals surface area contributed by atoms with Gasteiger partial charge in [-0.25, -0.2) is 4.79 Å². The molecule has 5 nitrogen and oxygen atoms in total. The number of carbonyl (C=O) groups is 1. The highest BCUT2D eigenvalue weighted by atomic mass is 16.4. The molecule has 1 rings (SSSR count). The van der Waals surface area contributed by atoms with Gasteiger partial charge in [-0.2, -0.15) is 0 Å². The van der Waals surface area contributed by atoms with Crippen LogP contribution in [0.2, 0.25) is 0 Å². The van der Waals surface area contributed by atoms with E-state index in [1.807, 2.05) is 0 Å². The van der Waals surface area contributed by atoms with Crippen LogP contribution in [0.4, 0.5) is 0 Å². The Kier molecular flexibility index (Phi) is 4.42. The predicted molar refractivity (Wildman–Crippen MR) is 56.1 cm³/mol. The van der Waals surface area contributed by atoms with E-state index in [-0.39, 0.29) is 18.6 Å². The van der Waals surface area contributed by atoms with Crippen LogP contribution in [0.15, 0.2) is 24.3 Å². The Labute approximate surface area is 92.6 Å². The largest absolute Gasteiger partial charge is 0.478 e. The summed E-state index contributed by atoms with van der Waals surface area (Å²) in [5.74, 6) is -1.09. The average Bonchev–Trinajstić information content (AvgIpc) is 2.28. The minimum Gasteiger partial charge on any atom is -0.478 e. The molecular weight excluding hydrogens is 212 g/mol. The maximum atomic E-state index is 10.7. The standard InChI is InChI=1S/C11H14O5/c12-5-4-9(13)10(14)7-2-1-3-8(6-7)11(15)16/h1-3,6,9-10,12-14H,4-5H2,(H,15,16). The first-order valence-corrected chi connectivity index (χ1v) is 4.86. The Bertz CT molecular complexity index is 363. The van der Waals surface area contributed by atoms with Crippen molar-refractivity contribution in [2.45, 2.75) is 18.6 Å². The molecule has 2 unspecified atom stereocenters. The lowest BCUT2D eigenvalue weighted by Crippen LogP contribution is -2.19. The Hall–Kier alpha value is -1.43. The lowest BCUT2D eigenvalue weighted by molar-refractivity contribution is 0.00415. The van der Waals surface area contributed by atoms with Gasteiger partial charge in [0, 0.05) is 6.61 Å². The first-order valence-electron chi connectivity index (χ1n) is 4.86. The van der Waals surface area contributed by atoms with E-state index in [0.717, 1.165) is 0 Å². The predicted octanol–water partition coefficient (Wildman–Crippen LogP) is 0.161. The Morgan fingerprint density at radius 2 is 2.00 bits per heavy atom. The van der Waals surface area contributed by atoms with Crippen LogP contribution >= 0.6 is 0 Å². The molecule has 1 aromatic rings. The molecule has 0 heterocycles. The van der Waals surface area contributed by atoms with Crippen LogP contribution in [-0.2, 0) is 0 Å². The summed E-state index contributed by atoms with van der Waals surface area (Å²) in [4.78, 5) is 10.7. The van der Waals surface area contributed by atoms with E-state index in [9.17, 15) is 15.0 Å². The molecule has 1 aromatic carbocycles. The summed E-state index contributed by atoms with van der Waals surface area (Å²) < 4.78 is 0. The highest BCUT2D eigenvalue weighted by Crippen LogP contribution is 2.19. The SMILES string of the molecule is O=C(O)c1cccc(C(O)C(O)CCO)c1. The van der Waals surface area contributed by atoms with Crippen molar-refractivity contribution in [3.8, 4) is 0 Å². The molecule has 0 aliphatic carbocycles. The fourth-order valence-corrected chi connectivity index (χ4v) is 1.37. The van der Waals surface area contributed by atoms with Gasteiger partial charge in [-0.1, -0.05) is 12.1 Å². The molecule has 0 amide bonds. The molecule has 88 valence electrons. The van der Waals surface area contributed by atoms with Crippen molar-refractivity contribution in [1.29, 1.82) is 0 Å². The molecule has 16 heavy (non-hydrogen) atoms. The van der Waals surface area contributed by atoms with Crippen LogP contribution < -0.4 is 0 Å². The third kappa shape index (κ3) is 3.03. The van der Waals surface area contributed by atoms with E-state index in [1.54, 1.807) is 0 Å². The molecule has 0 radical (unpaired) electrons. The molecule has 4 N–H and O–H groups in total. The van der Waals surface area contributed by atoms with Gasteiger partial charge in [0.25, 0.3) is 0 Å². The van der Waals surface area contributed by atoms with Crippen molar-refractivity contribution < 1.29 is 25.2 Å². The topological polar surface area (TPSA) is 98.0 Å². The van der Waals surface area contributed by atoms with Gasteiger partial charge in [0.05, 0.1) is 11.7 Å². The molecule has 0 saturated carbocycles. The molecule has 0 bridgehead atoms. The van der Waals surface area contributed by atoms with Crippen molar-refractivity contribution in [2.75, 3.05) is 6.61 Å². The number of aliphatic hydroxyl groups excluding tert-OH is 3. The van der Waals surface area contributed by atoms with Gasteiger partial charge in [0.2, 0.25) is 0 Å². The lowest BCUT2D eigenvalue weighted by Gasteiger charge is -2.17. The van der Waals surface area contributed by atoms with Crippen LogP contribution in [-0.4, -0.2) is 39.1 Å². The van der Waals surface area contributed by atoms with E-state index in [0.29, 0.717) is 5.56 Å². The Morgan fingerprint density at radius 3 is 2.56 bits per heavy atom. The minimum absolute atomic E-state index is 0.0401. The fraction of sp³-hybridized carbons (Fsp3) is 0.364. The third-order valence-electron chi connectivity index (χ3n) is 2.26. The van der Waals surface area contributed by atoms with E-state index in [2.05, 4.69) is 0 Å². The summed E-state index contributed by atoms with van der Waals surface area (Å²) in [7, 11) is 0. The van der Waals surface area contributed by atoms with Gasteiger partial charge in [0.1, 0.15) is 6.10 Å². The van der Waals surface area contributed by atoms with Crippen molar-refractivity contribution in [1.82, 2.24) is 0 Å². The molecule has 0 fully saturated rings. The number of hydrogen-bond donors (Lipinski definition) is 4. The van der Waals surface area contributed by atoms with E-state index >= 15 is 0 Å². The maximum Gasteiger partial charge on any atom is 0.335 e. The number of carboxylic acids is 1. The van der Waals surface area contributed by atoms with Gasteiger partial charge in [-0.3, -0.25) is 0 Å². The lowest BCUT2D eigenvalue weighted by atomic mass is 10.0. The molecule has 0 aliphatic rings. The molecule has 0 saturated heterocycles. The van der Waals surface area contributed by atoms with Crippen LogP contribution in [0, 0.1) is 0 Å². The zero-order valence-corrected chi connectivity index (χ0v) is 8.58. The summed E-state index contributed by atoms with van der Waals surface area (Å²) in [6, 6.07) is 5.72. The van der Waals surface area contributed by atoms with E-state index in [1.165, 1.54) is 24.3 Å². The van der Waals surface area contributed by atoms with Crippen LogP contribution in [0.1, 0.15) is 28.4 Å². The first-order chi connectivity index (χ1) is 7.56. The van der Waals surface area contributed by atoms with Crippen LogP contribution in [0.25, 0.3) is 0 Å². The molecule has 5 heteroatoms. The number of benzene rings is 1. The van der Waals surface area contributed by atoms with Gasteiger partial charge >= 0.3 is 5.97 Å². The van der Waals surface area contributed by atoms with Crippen LogP contribution in [0.3, 0.4) is 0 Å². The van der Waals surface area contributed by atoms with Gasteiger partial charge in [-0.15, -0.1) is 0 Å². The Balaban J connectivity index is 2.86. The number of rotatable bonds is 5. The first kappa shape index (κ1) is 12.6. The quantitative estimate of drug-likeness (QED) is 0.573. The van der Waals surface area contributed by atoms with Crippen molar-refractivity contribution in [2.24, 2.45) is 0 Å². The van der Waals surface area contributed by atoms with Crippen LogP contribution in [0.5, 0.6) is 0 Å². The van der Waals surface area contributed by atoms with E-state index < -0.39 is 18.2 Å². The second-order valence-corrected chi connectivity index (χ2v) is 3.46. The molecule has 0 spiro atoms. The Morgan fingerprint density at radius 1 is 1.31 bits per heavy atom. The molecule has 2 atom stereocenters. The van der Waals surface area contributed by atoms with Gasteiger partial charge < -0.3 is 20.4 Å². The summed E-state index contributed by atoms with van der Waals surface area (Å²) in [6.45, 7) is -0.239. The van der Waals surface area contributed by atoms with Crippen molar-refractivity contribution in [3.63, 3.8) is 0 Å². The number of hydrogen-bond acceptors (Lipinski definition) is 4. The number of aromatic carboxylic acids is 1. The second-order valence-electron chi connectivity index (χ2n) is 3.46. The van der Waals surface area contributed by atoms with Gasteiger partial charge in [-0.05, 0) is 24.1 Å². The van der Waals surface area contributed by atoms with E-state index in [4.69, 9.17) is 10.2 Å². The summed E-state index contributed by atoms with van der Waals surface area (Å²) in [6.07, 6.45) is -2.25. The van der Waals surface area contributed by atoms with Gasteiger partial charge in [0.15, 0.2) is 0 Å².